The highest BCUT2D eigenvalue weighted by Crippen LogP contribution is 2.16. The van der Waals surface area contributed by atoms with E-state index in [1.165, 1.54) is 32.3 Å². The van der Waals surface area contributed by atoms with E-state index >= 15 is 0 Å². The van der Waals surface area contributed by atoms with E-state index in [1.807, 2.05) is 16.8 Å². The van der Waals surface area contributed by atoms with Gasteiger partial charge in [0.1, 0.15) is 0 Å². The summed E-state index contributed by atoms with van der Waals surface area (Å²) >= 11 is 1.55. The molecule has 0 saturated heterocycles. The van der Waals surface area contributed by atoms with Gasteiger partial charge in [0.05, 0.1) is 4.90 Å². The molecule has 0 atom stereocenters. The molecule has 1 aromatic heterocycles. The number of carbonyl (C=O) groups excluding carboxylic acids is 1. The molecule has 0 fully saturated rings. The summed E-state index contributed by atoms with van der Waals surface area (Å²) < 4.78 is 25.2. The maximum absolute atomic E-state index is 12.1. The van der Waals surface area contributed by atoms with Crippen molar-refractivity contribution in [2.24, 2.45) is 0 Å². The van der Waals surface area contributed by atoms with Crippen molar-refractivity contribution < 1.29 is 13.2 Å². The Balaban J connectivity index is 2.27. The summed E-state index contributed by atoms with van der Waals surface area (Å²) in [6, 6.07) is 7.96. The van der Waals surface area contributed by atoms with Crippen LogP contribution in [0.25, 0.3) is 6.08 Å². The molecule has 0 aliphatic carbocycles. The highest BCUT2D eigenvalue weighted by Gasteiger charge is 2.18. The molecular weight excluding hydrogens is 306 g/mol. The minimum absolute atomic E-state index is 0.113. The number of thiophene rings is 1. The second-order valence-electron chi connectivity index (χ2n) is 4.57. The minimum Gasteiger partial charge on any atom is -0.289 e. The zero-order valence-electron chi connectivity index (χ0n) is 11.7. The van der Waals surface area contributed by atoms with Gasteiger partial charge in [-0.1, -0.05) is 18.2 Å². The predicted molar refractivity (Wildman–Crippen MR) is 85.0 cm³/mol. The zero-order valence-corrected chi connectivity index (χ0v) is 13.3. The molecule has 0 aliphatic rings. The van der Waals surface area contributed by atoms with Crippen LogP contribution in [0.4, 0.5) is 0 Å². The Bertz CT molecular complexity index is 760. The molecule has 0 aliphatic heterocycles. The molecule has 0 N–H and O–H groups in total. The van der Waals surface area contributed by atoms with Gasteiger partial charge in [0.15, 0.2) is 5.78 Å². The fraction of sp³-hybridized carbons (Fsp3) is 0.133. The Labute approximate surface area is 128 Å². The van der Waals surface area contributed by atoms with Crippen molar-refractivity contribution in [3.8, 4) is 0 Å². The highest BCUT2D eigenvalue weighted by atomic mass is 32.2. The molecule has 2 rings (SSSR count). The van der Waals surface area contributed by atoms with E-state index in [9.17, 15) is 13.2 Å². The van der Waals surface area contributed by atoms with Gasteiger partial charge in [0, 0.05) is 19.7 Å². The molecule has 1 heterocycles. The quantitative estimate of drug-likeness (QED) is 0.628. The van der Waals surface area contributed by atoms with Crippen molar-refractivity contribution >= 4 is 33.2 Å². The van der Waals surface area contributed by atoms with Gasteiger partial charge >= 0.3 is 0 Å². The van der Waals surface area contributed by atoms with Crippen molar-refractivity contribution in [3.05, 3.63) is 58.3 Å². The Hall–Kier alpha value is -1.76. The Morgan fingerprint density at radius 2 is 2.00 bits per heavy atom. The molecule has 0 spiro atoms. The van der Waals surface area contributed by atoms with Crippen molar-refractivity contribution in [2.75, 3.05) is 14.1 Å². The minimum atomic E-state index is -3.53. The molecule has 6 heteroatoms. The summed E-state index contributed by atoms with van der Waals surface area (Å²) in [5.41, 5.74) is 1.30. The fourth-order valence-electron chi connectivity index (χ4n) is 1.66. The maximum Gasteiger partial charge on any atom is 0.242 e. The van der Waals surface area contributed by atoms with E-state index in [0.29, 0.717) is 5.56 Å². The van der Waals surface area contributed by atoms with Gasteiger partial charge < -0.3 is 0 Å². The number of nitrogens with zero attached hydrogens (tertiary/aromatic N) is 1. The van der Waals surface area contributed by atoms with Crippen LogP contribution in [0.3, 0.4) is 0 Å². The Kier molecular flexibility index (Phi) is 4.72. The van der Waals surface area contributed by atoms with Gasteiger partial charge in [-0.25, -0.2) is 12.7 Å². The van der Waals surface area contributed by atoms with Crippen LogP contribution in [0.2, 0.25) is 0 Å². The topological polar surface area (TPSA) is 54.5 Å². The number of benzene rings is 1. The van der Waals surface area contributed by atoms with E-state index < -0.39 is 10.0 Å². The molecule has 2 aromatic rings. The van der Waals surface area contributed by atoms with Gasteiger partial charge in [-0.05, 0) is 40.6 Å². The van der Waals surface area contributed by atoms with Crippen LogP contribution in [-0.2, 0) is 10.0 Å². The summed E-state index contributed by atoms with van der Waals surface area (Å²) in [7, 11) is -0.615. The van der Waals surface area contributed by atoms with E-state index in [4.69, 9.17) is 0 Å². The van der Waals surface area contributed by atoms with E-state index in [2.05, 4.69) is 0 Å². The largest absolute Gasteiger partial charge is 0.289 e. The van der Waals surface area contributed by atoms with Crippen LogP contribution in [-0.4, -0.2) is 32.6 Å². The molecule has 0 radical (unpaired) electrons. The first-order valence-electron chi connectivity index (χ1n) is 6.18. The van der Waals surface area contributed by atoms with Gasteiger partial charge in [0.25, 0.3) is 0 Å². The zero-order chi connectivity index (χ0) is 15.5. The normalized spacial score (nSPS) is 12.1. The van der Waals surface area contributed by atoms with Gasteiger partial charge in [-0.3, -0.25) is 4.79 Å². The SMILES string of the molecule is CN(C)S(=O)(=O)c1cccc(C(=O)/C=C\c2ccsc2)c1. The van der Waals surface area contributed by atoms with Crippen LogP contribution in [0.1, 0.15) is 15.9 Å². The first-order chi connectivity index (χ1) is 9.91. The number of rotatable bonds is 5. The second-order valence-corrected chi connectivity index (χ2v) is 7.50. The summed E-state index contributed by atoms with van der Waals surface area (Å²) in [5.74, 6) is -0.225. The molecular formula is C15H15NO3S2. The fourth-order valence-corrected chi connectivity index (χ4v) is 3.24. The van der Waals surface area contributed by atoms with Crippen LogP contribution < -0.4 is 0 Å². The maximum atomic E-state index is 12.1. The molecule has 110 valence electrons. The predicted octanol–water partition coefficient (Wildman–Crippen LogP) is 2.89. The summed E-state index contributed by atoms with van der Waals surface area (Å²) in [4.78, 5) is 12.2. The lowest BCUT2D eigenvalue weighted by Crippen LogP contribution is -2.22. The highest BCUT2D eigenvalue weighted by molar-refractivity contribution is 7.89. The third-order valence-electron chi connectivity index (χ3n) is 2.87. The number of sulfonamides is 1. The van der Waals surface area contributed by atoms with Crippen LogP contribution in [0.15, 0.2) is 52.1 Å². The van der Waals surface area contributed by atoms with Gasteiger partial charge in [0.2, 0.25) is 10.0 Å². The van der Waals surface area contributed by atoms with Crippen molar-refractivity contribution in [1.82, 2.24) is 4.31 Å². The molecule has 0 bridgehead atoms. The molecule has 0 saturated carbocycles. The monoisotopic (exact) mass is 321 g/mol. The standard InChI is InChI=1S/C15H15NO3S2/c1-16(2)21(18,19)14-5-3-4-13(10-14)15(17)7-6-12-8-9-20-11-12/h3-11H,1-2H3/b7-6-. The number of ketones is 1. The number of hydrogen-bond donors (Lipinski definition) is 0. The van der Waals surface area contributed by atoms with Crippen molar-refractivity contribution in [3.63, 3.8) is 0 Å². The molecule has 21 heavy (non-hydrogen) atoms. The first kappa shape index (κ1) is 15.6. The van der Waals surface area contributed by atoms with E-state index in [-0.39, 0.29) is 10.7 Å². The first-order valence-corrected chi connectivity index (χ1v) is 8.57. The van der Waals surface area contributed by atoms with E-state index in [0.717, 1.165) is 9.87 Å². The smallest absolute Gasteiger partial charge is 0.242 e. The Morgan fingerprint density at radius 3 is 2.62 bits per heavy atom. The third-order valence-corrected chi connectivity index (χ3v) is 5.38. The Morgan fingerprint density at radius 1 is 1.24 bits per heavy atom. The van der Waals surface area contributed by atoms with Crippen molar-refractivity contribution in [1.29, 1.82) is 0 Å². The van der Waals surface area contributed by atoms with E-state index in [1.54, 1.807) is 29.5 Å². The lowest BCUT2D eigenvalue weighted by molar-refractivity contribution is 0.104. The molecule has 4 nitrogen and oxygen atoms in total. The van der Waals surface area contributed by atoms with Crippen LogP contribution in [0.5, 0.6) is 0 Å². The number of carbonyl (C=O) groups is 1. The number of allylic oxidation sites excluding steroid dienone is 1. The molecule has 0 amide bonds. The average molecular weight is 321 g/mol. The summed E-state index contributed by atoms with van der Waals surface area (Å²) in [6.07, 6.45) is 3.16. The second kappa shape index (κ2) is 6.34. The van der Waals surface area contributed by atoms with Crippen molar-refractivity contribution in [2.45, 2.75) is 4.90 Å². The lowest BCUT2D eigenvalue weighted by Gasteiger charge is -2.11. The summed E-state index contributed by atoms with van der Waals surface area (Å²) in [5, 5.41) is 3.85. The lowest BCUT2D eigenvalue weighted by atomic mass is 10.1. The molecule has 0 unspecified atom stereocenters. The third kappa shape index (κ3) is 3.66. The average Bonchev–Trinajstić information content (AvgIpc) is 2.98. The summed E-state index contributed by atoms with van der Waals surface area (Å²) in [6.45, 7) is 0. The van der Waals surface area contributed by atoms with Crippen LogP contribution in [0, 0.1) is 0 Å². The van der Waals surface area contributed by atoms with Gasteiger partial charge in [-0.2, -0.15) is 11.3 Å². The van der Waals surface area contributed by atoms with Crippen LogP contribution >= 0.6 is 11.3 Å². The molecule has 1 aromatic carbocycles. The van der Waals surface area contributed by atoms with Gasteiger partial charge in [-0.15, -0.1) is 0 Å². The number of hydrogen-bond acceptors (Lipinski definition) is 4.